The van der Waals surface area contributed by atoms with Gasteiger partial charge in [-0.25, -0.2) is 0 Å². The zero-order chi connectivity index (χ0) is 29.6. The number of nitrogens with zero attached hydrogens (tertiary/aromatic N) is 2. The molecule has 2 aliphatic heterocycles. The number of alkyl halides is 3. The standard InChI is InChI=1S/C35H42F3N3/c1-6-8-9-12-29-31-18-23(3)13-15-28(31)24(4)30(34-19-26(7-2)11-10-17-39-34)20-32(29)33-16-14-27(22-41-33)21-40-25(5)35(36,37)38/h10-11,13-19,24-27,30,40H,6-8,20-22H2,1-5H3. The Morgan fingerprint density at radius 1 is 1.17 bits per heavy atom. The summed E-state index contributed by atoms with van der Waals surface area (Å²) < 4.78 is 39.0. The van der Waals surface area contributed by atoms with Gasteiger partial charge in [-0.15, -0.1) is 0 Å². The average molecular weight is 562 g/mol. The fourth-order valence-electron chi connectivity index (χ4n) is 5.62. The Kier molecular flexibility index (Phi) is 10.3. The van der Waals surface area contributed by atoms with Crippen LogP contribution in [-0.2, 0) is 0 Å². The third kappa shape index (κ3) is 7.57. The molecule has 0 fully saturated rings. The molecule has 41 heavy (non-hydrogen) atoms. The van der Waals surface area contributed by atoms with E-state index in [1.165, 1.54) is 11.1 Å². The van der Waals surface area contributed by atoms with E-state index in [1.807, 2.05) is 24.4 Å². The van der Waals surface area contributed by atoms with Gasteiger partial charge in [-0.05, 0) is 73.8 Å². The van der Waals surface area contributed by atoms with Crippen molar-refractivity contribution in [2.75, 3.05) is 13.1 Å². The molecule has 0 radical (unpaired) electrons. The predicted molar refractivity (Wildman–Crippen MR) is 165 cm³/mol. The van der Waals surface area contributed by atoms with Gasteiger partial charge in [-0.2, -0.15) is 13.2 Å². The number of benzene rings is 1. The van der Waals surface area contributed by atoms with E-state index < -0.39 is 12.2 Å². The minimum absolute atomic E-state index is 0.0978. The number of unbranched alkanes of at least 4 members (excludes halogenated alkanes) is 1. The van der Waals surface area contributed by atoms with Crippen LogP contribution in [-0.4, -0.2) is 37.2 Å². The third-order valence-corrected chi connectivity index (χ3v) is 8.30. The summed E-state index contributed by atoms with van der Waals surface area (Å²) in [6.45, 7) is 10.5. The molecule has 1 aliphatic carbocycles. The molecular weight excluding hydrogens is 519 g/mol. The van der Waals surface area contributed by atoms with Crippen molar-refractivity contribution in [2.45, 2.75) is 78.4 Å². The van der Waals surface area contributed by atoms with E-state index in [2.05, 4.69) is 75.2 Å². The Balaban J connectivity index is 1.77. The van der Waals surface area contributed by atoms with Crippen molar-refractivity contribution < 1.29 is 13.2 Å². The van der Waals surface area contributed by atoms with E-state index in [-0.39, 0.29) is 24.3 Å². The zero-order valence-electron chi connectivity index (χ0n) is 24.9. The molecule has 1 aromatic carbocycles. The van der Waals surface area contributed by atoms with Crippen LogP contribution in [0.25, 0.3) is 5.57 Å². The number of nitrogens with one attached hydrogen (secondary N) is 1. The van der Waals surface area contributed by atoms with Crippen LogP contribution in [0.2, 0.25) is 0 Å². The van der Waals surface area contributed by atoms with Crippen molar-refractivity contribution >= 4 is 17.5 Å². The monoisotopic (exact) mass is 561 g/mol. The molecule has 0 spiro atoms. The van der Waals surface area contributed by atoms with Gasteiger partial charge in [0.05, 0.1) is 5.71 Å². The largest absolute Gasteiger partial charge is 0.403 e. The lowest BCUT2D eigenvalue weighted by molar-refractivity contribution is -0.151. The maximum absolute atomic E-state index is 13.0. The predicted octanol–water partition coefficient (Wildman–Crippen LogP) is 8.39. The normalized spacial score (nSPS) is 25.0. The van der Waals surface area contributed by atoms with Crippen molar-refractivity contribution in [3.05, 3.63) is 76.5 Å². The van der Waals surface area contributed by atoms with Gasteiger partial charge in [0.15, 0.2) is 0 Å². The topological polar surface area (TPSA) is 36.8 Å². The highest BCUT2D eigenvalue weighted by atomic mass is 19.4. The molecule has 0 saturated carbocycles. The molecule has 1 N–H and O–H groups in total. The number of aryl methyl sites for hydroxylation is 1. The van der Waals surface area contributed by atoms with Crippen molar-refractivity contribution in [1.29, 1.82) is 0 Å². The van der Waals surface area contributed by atoms with Crippen molar-refractivity contribution in [2.24, 2.45) is 27.7 Å². The molecule has 3 nitrogen and oxygen atoms in total. The Labute approximate surface area is 243 Å². The molecule has 3 aliphatic rings. The highest BCUT2D eigenvalue weighted by Gasteiger charge is 2.36. The highest BCUT2D eigenvalue weighted by molar-refractivity contribution is 6.15. The van der Waals surface area contributed by atoms with Crippen LogP contribution >= 0.6 is 0 Å². The van der Waals surface area contributed by atoms with Crippen molar-refractivity contribution in [1.82, 2.24) is 5.32 Å². The number of rotatable bonds is 7. The summed E-state index contributed by atoms with van der Waals surface area (Å²) in [4.78, 5) is 9.87. The third-order valence-electron chi connectivity index (χ3n) is 8.30. The SMILES string of the molecule is CCCC#CC1=C(C2=NCC(CNC(C)C(F)(F)F)C=C2)CC(C2=CC(CC)C=CC=N2)C(C)c2ccc(C)cc21. The first-order valence-electron chi connectivity index (χ1n) is 14.9. The molecule has 0 amide bonds. The van der Waals surface area contributed by atoms with Crippen LogP contribution in [0, 0.1) is 36.5 Å². The van der Waals surface area contributed by atoms with E-state index in [4.69, 9.17) is 9.98 Å². The molecule has 1 aromatic rings. The molecule has 5 unspecified atom stereocenters. The summed E-state index contributed by atoms with van der Waals surface area (Å²) >= 11 is 0. The molecule has 0 saturated heterocycles. The average Bonchev–Trinajstić information content (AvgIpc) is 3.26. The molecule has 4 rings (SSSR count). The Bertz CT molecular complexity index is 1350. The maximum atomic E-state index is 13.0. The summed E-state index contributed by atoms with van der Waals surface area (Å²) in [6, 6.07) is 5.10. The second kappa shape index (κ2) is 13.7. The number of aliphatic imine (C=N–C) groups is 2. The quantitative estimate of drug-likeness (QED) is 0.334. The van der Waals surface area contributed by atoms with E-state index in [0.717, 1.165) is 60.7 Å². The van der Waals surface area contributed by atoms with Gasteiger partial charge in [0.25, 0.3) is 0 Å². The number of dihydropyridines is 1. The van der Waals surface area contributed by atoms with Gasteiger partial charge in [-0.3, -0.25) is 9.98 Å². The lowest BCUT2D eigenvalue weighted by atomic mass is 9.80. The van der Waals surface area contributed by atoms with Crippen LogP contribution in [0.1, 0.15) is 76.0 Å². The fraction of sp³-hybridized carbons (Fsp3) is 0.486. The van der Waals surface area contributed by atoms with Crippen molar-refractivity contribution in [3.63, 3.8) is 0 Å². The molecular formula is C35H42F3N3. The first kappa shape index (κ1) is 30.8. The summed E-state index contributed by atoms with van der Waals surface area (Å²) in [7, 11) is 0. The van der Waals surface area contributed by atoms with Crippen LogP contribution in [0.15, 0.2) is 69.8 Å². The minimum Gasteiger partial charge on any atom is -0.306 e. The molecule has 5 atom stereocenters. The zero-order valence-corrected chi connectivity index (χ0v) is 24.9. The Hall–Kier alpha value is -3.17. The number of fused-ring (bicyclic) bond motifs is 1. The second-order valence-electron chi connectivity index (χ2n) is 11.4. The highest BCUT2D eigenvalue weighted by Crippen LogP contribution is 2.45. The van der Waals surface area contributed by atoms with Crippen LogP contribution in [0.3, 0.4) is 0 Å². The van der Waals surface area contributed by atoms with Gasteiger partial charge >= 0.3 is 6.18 Å². The number of hydrogen-bond acceptors (Lipinski definition) is 3. The molecule has 218 valence electrons. The van der Waals surface area contributed by atoms with Gasteiger partial charge < -0.3 is 5.32 Å². The van der Waals surface area contributed by atoms with Crippen LogP contribution in [0.4, 0.5) is 13.2 Å². The van der Waals surface area contributed by atoms with Gasteiger partial charge in [0.2, 0.25) is 0 Å². The Morgan fingerprint density at radius 3 is 2.66 bits per heavy atom. The second-order valence-corrected chi connectivity index (χ2v) is 11.4. The summed E-state index contributed by atoms with van der Waals surface area (Å²) in [5.41, 5.74) is 7.67. The van der Waals surface area contributed by atoms with E-state index in [0.29, 0.717) is 12.5 Å². The van der Waals surface area contributed by atoms with E-state index >= 15 is 0 Å². The minimum atomic E-state index is -4.26. The number of halogens is 3. The first-order valence-corrected chi connectivity index (χ1v) is 14.9. The van der Waals surface area contributed by atoms with Gasteiger partial charge in [0.1, 0.15) is 6.04 Å². The fourth-order valence-corrected chi connectivity index (χ4v) is 5.62. The smallest absolute Gasteiger partial charge is 0.306 e. The summed E-state index contributed by atoms with van der Waals surface area (Å²) in [5.74, 6) is 7.51. The summed E-state index contributed by atoms with van der Waals surface area (Å²) in [5, 5.41) is 2.62. The van der Waals surface area contributed by atoms with Crippen LogP contribution < -0.4 is 5.32 Å². The molecule has 0 aromatic heterocycles. The summed E-state index contributed by atoms with van der Waals surface area (Å²) in [6.07, 6.45) is 11.7. The Morgan fingerprint density at radius 2 is 1.98 bits per heavy atom. The lowest BCUT2D eigenvalue weighted by Gasteiger charge is -2.26. The lowest BCUT2D eigenvalue weighted by Crippen LogP contribution is -2.42. The van der Waals surface area contributed by atoms with Crippen molar-refractivity contribution in [3.8, 4) is 11.8 Å². The van der Waals surface area contributed by atoms with Crippen LogP contribution in [0.5, 0.6) is 0 Å². The molecule has 0 bridgehead atoms. The van der Waals surface area contributed by atoms with Gasteiger partial charge in [0, 0.05) is 48.8 Å². The number of allylic oxidation sites excluding steroid dienone is 7. The van der Waals surface area contributed by atoms with E-state index in [9.17, 15) is 13.2 Å². The number of hydrogen-bond donors (Lipinski definition) is 1. The molecule has 6 heteroatoms. The van der Waals surface area contributed by atoms with E-state index in [1.54, 1.807) is 0 Å². The molecule has 2 heterocycles. The first-order chi connectivity index (χ1) is 19.6. The van der Waals surface area contributed by atoms with Gasteiger partial charge in [-0.1, -0.05) is 74.6 Å². The maximum Gasteiger partial charge on any atom is 0.403 e.